The van der Waals surface area contributed by atoms with Crippen LogP contribution in [0.25, 0.3) is 17.6 Å². The average Bonchev–Trinajstić information content (AvgIpc) is 2.97. The molecule has 0 spiro atoms. The van der Waals surface area contributed by atoms with Crippen LogP contribution in [0.3, 0.4) is 0 Å². The SMILES string of the molecule is Cc1cc(-c2ncn(/C=C\C(=O)N3CC(F)C3)n2)cc(C(F)(F)F)c1. The van der Waals surface area contributed by atoms with Crippen molar-refractivity contribution in [1.82, 2.24) is 19.7 Å². The number of alkyl halides is 4. The van der Waals surface area contributed by atoms with Gasteiger partial charge in [-0.2, -0.15) is 13.2 Å². The van der Waals surface area contributed by atoms with Crippen molar-refractivity contribution in [3.8, 4) is 11.4 Å². The van der Waals surface area contributed by atoms with E-state index in [1.165, 1.54) is 28.2 Å². The number of carbonyl (C=O) groups excluding carboxylic acids is 1. The first-order valence-corrected chi connectivity index (χ1v) is 7.44. The highest BCUT2D eigenvalue weighted by atomic mass is 19.4. The maximum atomic E-state index is 12.9. The Morgan fingerprint density at radius 1 is 1.28 bits per heavy atom. The number of hydrogen-bond donors (Lipinski definition) is 0. The van der Waals surface area contributed by atoms with E-state index < -0.39 is 17.9 Å². The van der Waals surface area contributed by atoms with Gasteiger partial charge in [-0.3, -0.25) is 4.79 Å². The number of likely N-dealkylation sites (tertiary alicyclic amines) is 1. The number of halogens is 4. The van der Waals surface area contributed by atoms with Gasteiger partial charge in [-0.15, -0.1) is 5.10 Å². The molecule has 0 aliphatic carbocycles. The van der Waals surface area contributed by atoms with Gasteiger partial charge in [-0.1, -0.05) is 0 Å². The van der Waals surface area contributed by atoms with E-state index in [0.717, 1.165) is 12.1 Å². The fraction of sp³-hybridized carbons (Fsp3) is 0.312. The van der Waals surface area contributed by atoms with Crippen LogP contribution >= 0.6 is 0 Å². The Bertz CT molecular complexity index is 822. The van der Waals surface area contributed by atoms with Crippen molar-refractivity contribution in [3.63, 3.8) is 0 Å². The number of hydrogen-bond acceptors (Lipinski definition) is 3. The fourth-order valence-corrected chi connectivity index (χ4v) is 2.41. The van der Waals surface area contributed by atoms with Gasteiger partial charge < -0.3 is 4.90 Å². The third kappa shape index (κ3) is 3.86. The van der Waals surface area contributed by atoms with Crippen LogP contribution in [0.15, 0.2) is 30.6 Å². The summed E-state index contributed by atoms with van der Waals surface area (Å²) in [5, 5.41) is 4.04. The van der Waals surface area contributed by atoms with Crippen LogP contribution in [0.1, 0.15) is 11.1 Å². The molecular weight excluding hydrogens is 340 g/mol. The number of amides is 1. The Kier molecular flexibility index (Phi) is 4.32. The lowest BCUT2D eigenvalue weighted by Crippen LogP contribution is -2.50. The standard InChI is InChI=1S/C16H14F4N4O/c1-10-4-11(6-12(5-10)16(18,19)20)15-21-9-24(22-15)3-2-14(25)23-7-13(17)8-23/h2-6,9,13H,7-8H2,1H3/b3-2-. The van der Waals surface area contributed by atoms with Gasteiger partial charge in [0.25, 0.3) is 0 Å². The molecule has 132 valence electrons. The van der Waals surface area contributed by atoms with E-state index in [1.807, 2.05) is 0 Å². The molecule has 0 radical (unpaired) electrons. The number of nitrogens with zero attached hydrogens (tertiary/aromatic N) is 4. The van der Waals surface area contributed by atoms with E-state index >= 15 is 0 Å². The number of benzene rings is 1. The summed E-state index contributed by atoms with van der Waals surface area (Å²) in [4.78, 5) is 17.0. The van der Waals surface area contributed by atoms with E-state index in [4.69, 9.17) is 0 Å². The van der Waals surface area contributed by atoms with Crippen LogP contribution in [-0.2, 0) is 11.0 Å². The summed E-state index contributed by atoms with van der Waals surface area (Å²) < 4.78 is 52.6. The molecule has 1 aliphatic rings. The van der Waals surface area contributed by atoms with Crippen LogP contribution in [0.2, 0.25) is 0 Å². The molecule has 9 heteroatoms. The number of aromatic nitrogens is 3. The van der Waals surface area contributed by atoms with Crippen molar-refractivity contribution in [3.05, 3.63) is 41.7 Å². The number of rotatable bonds is 3. The highest BCUT2D eigenvalue weighted by Gasteiger charge is 2.31. The van der Waals surface area contributed by atoms with Crippen molar-refractivity contribution in [2.45, 2.75) is 19.3 Å². The van der Waals surface area contributed by atoms with E-state index in [0.29, 0.717) is 5.56 Å². The van der Waals surface area contributed by atoms with Gasteiger partial charge in [-0.05, 0) is 30.7 Å². The molecule has 1 aromatic carbocycles. The van der Waals surface area contributed by atoms with Crippen LogP contribution < -0.4 is 0 Å². The normalized spacial score (nSPS) is 15.6. The highest BCUT2D eigenvalue weighted by molar-refractivity contribution is 5.90. The molecular formula is C16H14F4N4O. The van der Waals surface area contributed by atoms with Crippen LogP contribution in [0.4, 0.5) is 17.6 Å². The smallest absolute Gasteiger partial charge is 0.333 e. The first-order chi connectivity index (χ1) is 11.7. The Balaban J connectivity index is 1.77. The van der Waals surface area contributed by atoms with Gasteiger partial charge in [0.15, 0.2) is 5.82 Å². The Hall–Kier alpha value is -2.71. The van der Waals surface area contributed by atoms with Gasteiger partial charge in [0.1, 0.15) is 12.5 Å². The molecule has 1 aromatic heterocycles. The van der Waals surface area contributed by atoms with Gasteiger partial charge in [0, 0.05) is 17.8 Å². The molecule has 2 aromatic rings. The fourth-order valence-electron chi connectivity index (χ4n) is 2.41. The summed E-state index contributed by atoms with van der Waals surface area (Å²) in [7, 11) is 0. The summed E-state index contributed by atoms with van der Waals surface area (Å²) in [6.45, 7) is 1.68. The molecule has 5 nitrogen and oxygen atoms in total. The molecule has 3 rings (SSSR count). The lowest BCUT2D eigenvalue weighted by Gasteiger charge is -2.33. The molecule has 1 saturated heterocycles. The zero-order chi connectivity index (χ0) is 18.2. The van der Waals surface area contributed by atoms with E-state index in [2.05, 4.69) is 10.1 Å². The van der Waals surface area contributed by atoms with Gasteiger partial charge in [-0.25, -0.2) is 14.1 Å². The Labute approximate surface area is 140 Å². The quantitative estimate of drug-likeness (QED) is 0.629. The van der Waals surface area contributed by atoms with Crippen molar-refractivity contribution in [1.29, 1.82) is 0 Å². The maximum Gasteiger partial charge on any atom is 0.416 e. The highest BCUT2D eigenvalue weighted by Crippen LogP contribution is 2.32. The minimum Gasteiger partial charge on any atom is -0.333 e. The minimum atomic E-state index is -4.46. The molecule has 0 unspecified atom stereocenters. The maximum absolute atomic E-state index is 12.9. The zero-order valence-electron chi connectivity index (χ0n) is 13.2. The average molecular weight is 354 g/mol. The largest absolute Gasteiger partial charge is 0.416 e. The third-order valence-electron chi connectivity index (χ3n) is 3.69. The van der Waals surface area contributed by atoms with Crippen molar-refractivity contribution < 1.29 is 22.4 Å². The molecule has 1 aliphatic heterocycles. The third-order valence-corrected chi connectivity index (χ3v) is 3.69. The van der Waals surface area contributed by atoms with Crippen LogP contribution in [0, 0.1) is 6.92 Å². The van der Waals surface area contributed by atoms with E-state index in [1.54, 1.807) is 13.0 Å². The first-order valence-electron chi connectivity index (χ1n) is 7.44. The monoisotopic (exact) mass is 354 g/mol. The lowest BCUT2D eigenvalue weighted by atomic mass is 10.1. The molecule has 1 amide bonds. The zero-order valence-corrected chi connectivity index (χ0v) is 13.2. The second-order valence-corrected chi connectivity index (χ2v) is 5.79. The predicted octanol–water partition coefficient (Wildman–Crippen LogP) is 2.92. The Morgan fingerprint density at radius 2 is 2.00 bits per heavy atom. The summed E-state index contributed by atoms with van der Waals surface area (Å²) in [5.41, 5.74) is -0.109. The summed E-state index contributed by atoms with van der Waals surface area (Å²) >= 11 is 0. The molecule has 0 bridgehead atoms. The van der Waals surface area contributed by atoms with Crippen LogP contribution in [0.5, 0.6) is 0 Å². The van der Waals surface area contributed by atoms with Crippen molar-refractivity contribution >= 4 is 12.1 Å². The summed E-state index contributed by atoms with van der Waals surface area (Å²) in [6.07, 6.45) is -1.63. The first kappa shape index (κ1) is 17.1. The molecule has 0 N–H and O–H groups in total. The molecule has 0 saturated carbocycles. The number of carbonyl (C=O) groups is 1. The summed E-state index contributed by atoms with van der Waals surface area (Å²) in [6, 6.07) is 3.57. The molecule has 2 heterocycles. The van der Waals surface area contributed by atoms with Gasteiger partial charge in [0.2, 0.25) is 5.91 Å². The van der Waals surface area contributed by atoms with Crippen molar-refractivity contribution in [2.24, 2.45) is 0 Å². The van der Waals surface area contributed by atoms with E-state index in [-0.39, 0.29) is 30.4 Å². The molecule has 0 atom stereocenters. The second-order valence-electron chi connectivity index (χ2n) is 5.79. The van der Waals surface area contributed by atoms with Crippen LogP contribution in [-0.4, -0.2) is 44.8 Å². The van der Waals surface area contributed by atoms with Crippen molar-refractivity contribution in [2.75, 3.05) is 13.1 Å². The lowest BCUT2D eigenvalue weighted by molar-refractivity contribution is -0.137. The van der Waals surface area contributed by atoms with Gasteiger partial charge >= 0.3 is 6.18 Å². The predicted molar refractivity (Wildman–Crippen MR) is 82.0 cm³/mol. The minimum absolute atomic E-state index is 0.0648. The topological polar surface area (TPSA) is 51.0 Å². The molecule has 25 heavy (non-hydrogen) atoms. The summed E-state index contributed by atoms with van der Waals surface area (Å²) in [5.74, 6) is -0.250. The van der Waals surface area contributed by atoms with Gasteiger partial charge in [0.05, 0.1) is 18.7 Å². The number of aryl methyl sites for hydroxylation is 1. The second kappa shape index (κ2) is 6.30. The molecule has 1 fully saturated rings. The van der Waals surface area contributed by atoms with E-state index in [9.17, 15) is 22.4 Å². The Morgan fingerprint density at radius 3 is 2.64 bits per heavy atom.